The minimum Gasteiger partial charge on any atom is -0.372 e. The number of benzene rings is 1. The Morgan fingerprint density at radius 3 is 2.95 bits per heavy atom. The van der Waals surface area contributed by atoms with Crippen LogP contribution in [0.1, 0.15) is 21.6 Å². The van der Waals surface area contributed by atoms with Gasteiger partial charge in [0.15, 0.2) is 0 Å². The van der Waals surface area contributed by atoms with Gasteiger partial charge in [0.1, 0.15) is 11.5 Å². The topological polar surface area (TPSA) is 81.9 Å². The van der Waals surface area contributed by atoms with Gasteiger partial charge in [0.25, 0.3) is 5.91 Å². The van der Waals surface area contributed by atoms with Crippen molar-refractivity contribution in [1.29, 1.82) is 5.26 Å². The third-order valence-electron chi connectivity index (χ3n) is 2.93. The number of amides is 1. The fraction of sp³-hybridized carbons (Fsp3) is 0.200. The highest BCUT2D eigenvalue weighted by atomic mass is 16.2. The summed E-state index contributed by atoms with van der Waals surface area (Å²) in [6, 6.07) is 9.25. The molecule has 0 spiro atoms. The van der Waals surface area contributed by atoms with Crippen molar-refractivity contribution in [1.82, 2.24) is 14.9 Å². The van der Waals surface area contributed by atoms with E-state index in [1.165, 1.54) is 6.20 Å². The Labute approximate surface area is 123 Å². The van der Waals surface area contributed by atoms with Crippen LogP contribution in [0.25, 0.3) is 0 Å². The van der Waals surface area contributed by atoms with E-state index in [2.05, 4.69) is 21.4 Å². The van der Waals surface area contributed by atoms with Crippen LogP contribution in [0.3, 0.4) is 0 Å². The van der Waals surface area contributed by atoms with Gasteiger partial charge in [-0.05, 0) is 17.7 Å². The Balaban J connectivity index is 2.13. The van der Waals surface area contributed by atoms with Crippen molar-refractivity contribution in [3.63, 3.8) is 0 Å². The van der Waals surface area contributed by atoms with Gasteiger partial charge in [0, 0.05) is 20.6 Å². The molecule has 0 unspecified atom stereocenters. The highest BCUT2D eigenvalue weighted by molar-refractivity contribution is 5.92. The highest BCUT2D eigenvalue weighted by Crippen LogP contribution is 2.10. The number of aromatic nitrogens is 2. The zero-order chi connectivity index (χ0) is 15.2. The SMILES string of the molecule is CNc1cncc(C(=O)N(C)Cc2cccc(C#N)c2)n1. The van der Waals surface area contributed by atoms with Gasteiger partial charge in [-0.2, -0.15) is 5.26 Å². The summed E-state index contributed by atoms with van der Waals surface area (Å²) in [5, 5.41) is 11.7. The summed E-state index contributed by atoms with van der Waals surface area (Å²) < 4.78 is 0. The van der Waals surface area contributed by atoms with E-state index in [-0.39, 0.29) is 11.6 Å². The molecule has 2 rings (SSSR count). The van der Waals surface area contributed by atoms with Gasteiger partial charge in [-0.25, -0.2) is 4.98 Å². The molecule has 0 saturated carbocycles. The molecular formula is C15H15N5O. The van der Waals surface area contributed by atoms with Crippen molar-refractivity contribution in [2.24, 2.45) is 0 Å². The largest absolute Gasteiger partial charge is 0.372 e. The number of rotatable bonds is 4. The number of carbonyl (C=O) groups is 1. The summed E-state index contributed by atoms with van der Waals surface area (Å²) in [5.41, 5.74) is 1.74. The van der Waals surface area contributed by atoms with E-state index in [0.717, 1.165) is 5.56 Å². The Kier molecular flexibility index (Phi) is 4.46. The van der Waals surface area contributed by atoms with Crippen LogP contribution in [0.5, 0.6) is 0 Å². The molecule has 6 nitrogen and oxygen atoms in total. The lowest BCUT2D eigenvalue weighted by atomic mass is 10.1. The number of carbonyl (C=O) groups excluding carboxylic acids is 1. The molecule has 1 N–H and O–H groups in total. The van der Waals surface area contributed by atoms with Crippen molar-refractivity contribution in [2.45, 2.75) is 6.54 Å². The fourth-order valence-electron chi connectivity index (χ4n) is 1.87. The number of nitrogens with one attached hydrogen (secondary N) is 1. The third kappa shape index (κ3) is 3.54. The van der Waals surface area contributed by atoms with Crippen molar-refractivity contribution < 1.29 is 4.79 Å². The Morgan fingerprint density at radius 2 is 2.24 bits per heavy atom. The van der Waals surface area contributed by atoms with E-state index < -0.39 is 0 Å². The molecule has 0 aliphatic rings. The fourth-order valence-corrected chi connectivity index (χ4v) is 1.87. The van der Waals surface area contributed by atoms with Crippen LogP contribution >= 0.6 is 0 Å². The molecule has 2 aromatic rings. The van der Waals surface area contributed by atoms with E-state index >= 15 is 0 Å². The van der Waals surface area contributed by atoms with E-state index in [1.54, 1.807) is 43.4 Å². The van der Waals surface area contributed by atoms with Crippen molar-refractivity contribution in [3.8, 4) is 6.07 Å². The van der Waals surface area contributed by atoms with Crippen LogP contribution in [-0.4, -0.2) is 34.9 Å². The molecule has 0 aliphatic carbocycles. The maximum absolute atomic E-state index is 12.3. The standard InChI is InChI=1S/C15H15N5O/c1-17-14-9-18-8-13(19-14)15(21)20(2)10-12-5-3-4-11(6-12)7-16/h3-6,8-9H,10H2,1-2H3,(H,17,19). The first-order chi connectivity index (χ1) is 10.1. The smallest absolute Gasteiger partial charge is 0.274 e. The lowest BCUT2D eigenvalue weighted by molar-refractivity contribution is 0.0779. The summed E-state index contributed by atoms with van der Waals surface area (Å²) in [6.45, 7) is 0.403. The third-order valence-corrected chi connectivity index (χ3v) is 2.93. The van der Waals surface area contributed by atoms with Crippen LogP contribution in [0.2, 0.25) is 0 Å². The predicted octanol–water partition coefficient (Wildman–Crippen LogP) is 1.66. The molecule has 6 heteroatoms. The number of hydrogen-bond donors (Lipinski definition) is 1. The quantitative estimate of drug-likeness (QED) is 0.921. The minimum atomic E-state index is -0.220. The molecule has 0 aliphatic heterocycles. The van der Waals surface area contributed by atoms with Gasteiger partial charge < -0.3 is 10.2 Å². The summed E-state index contributed by atoms with van der Waals surface area (Å²) >= 11 is 0. The highest BCUT2D eigenvalue weighted by Gasteiger charge is 2.14. The minimum absolute atomic E-state index is 0.220. The van der Waals surface area contributed by atoms with Crippen LogP contribution in [0, 0.1) is 11.3 Å². The molecular weight excluding hydrogens is 266 g/mol. The first kappa shape index (κ1) is 14.5. The molecule has 1 aromatic carbocycles. The van der Waals surface area contributed by atoms with Crippen LogP contribution < -0.4 is 5.32 Å². The molecule has 1 amide bonds. The first-order valence-corrected chi connectivity index (χ1v) is 6.38. The lowest BCUT2D eigenvalue weighted by Gasteiger charge is -2.17. The molecule has 0 radical (unpaired) electrons. The van der Waals surface area contributed by atoms with Crippen LogP contribution in [0.15, 0.2) is 36.7 Å². The van der Waals surface area contributed by atoms with Crippen molar-refractivity contribution >= 4 is 11.7 Å². The maximum atomic E-state index is 12.3. The monoisotopic (exact) mass is 281 g/mol. The number of hydrogen-bond acceptors (Lipinski definition) is 5. The van der Waals surface area contributed by atoms with Crippen molar-refractivity contribution in [2.75, 3.05) is 19.4 Å². The molecule has 0 bridgehead atoms. The average Bonchev–Trinajstić information content (AvgIpc) is 2.54. The van der Waals surface area contributed by atoms with Gasteiger partial charge in [-0.3, -0.25) is 9.78 Å². The Bertz CT molecular complexity index is 692. The Hall–Kier alpha value is -2.94. The first-order valence-electron chi connectivity index (χ1n) is 6.38. The van der Waals surface area contributed by atoms with E-state index in [0.29, 0.717) is 17.9 Å². The molecule has 0 atom stereocenters. The normalized spacial score (nSPS) is 9.76. The maximum Gasteiger partial charge on any atom is 0.274 e. The average molecular weight is 281 g/mol. The second kappa shape index (κ2) is 6.48. The summed E-state index contributed by atoms with van der Waals surface area (Å²) in [7, 11) is 3.41. The number of nitriles is 1. The van der Waals surface area contributed by atoms with E-state index in [1.807, 2.05) is 6.07 Å². The van der Waals surface area contributed by atoms with Crippen LogP contribution in [-0.2, 0) is 6.54 Å². The van der Waals surface area contributed by atoms with Gasteiger partial charge in [0.2, 0.25) is 0 Å². The molecule has 0 saturated heterocycles. The van der Waals surface area contributed by atoms with E-state index in [9.17, 15) is 4.79 Å². The molecule has 106 valence electrons. The number of anilines is 1. The van der Waals surface area contributed by atoms with Gasteiger partial charge in [-0.15, -0.1) is 0 Å². The van der Waals surface area contributed by atoms with Crippen LogP contribution in [0.4, 0.5) is 5.82 Å². The van der Waals surface area contributed by atoms with Gasteiger partial charge >= 0.3 is 0 Å². The van der Waals surface area contributed by atoms with Gasteiger partial charge in [0.05, 0.1) is 24.0 Å². The second-order valence-corrected chi connectivity index (χ2v) is 4.51. The predicted molar refractivity (Wildman–Crippen MR) is 78.5 cm³/mol. The lowest BCUT2D eigenvalue weighted by Crippen LogP contribution is -2.27. The zero-order valence-corrected chi connectivity index (χ0v) is 11.9. The molecule has 1 heterocycles. The molecule has 1 aromatic heterocycles. The molecule has 0 fully saturated rings. The molecule has 21 heavy (non-hydrogen) atoms. The summed E-state index contributed by atoms with van der Waals surface area (Å²) in [6.07, 6.45) is 2.98. The van der Waals surface area contributed by atoms with Crippen molar-refractivity contribution in [3.05, 3.63) is 53.5 Å². The van der Waals surface area contributed by atoms with E-state index in [4.69, 9.17) is 5.26 Å². The summed E-state index contributed by atoms with van der Waals surface area (Å²) in [4.78, 5) is 22.0. The number of nitrogens with zero attached hydrogens (tertiary/aromatic N) is 4. The second-order valence-electron chi connectivity index (χ2n) is 4.51. The van der Waals surface area contributed by atoms with Gasteiger partial charge in [-0.1, -0.05) is 12.1 Å². The summed E-state index contributed by atoms with van der Waals surface area (Å²) in [5.74, 6) is 0.322. The Morgan fingerprint density at radius 1 is 1.43 bits per heavy atom. The zero-order valence-electron chi connectivity index (χ0n) is 11.9.